The molecule has 4 nitrogen and oxygen atoms in total. The van der Waals surface area contributed by atoms with Crippen LogP contribution in [0.4, 0.5) is 0 Å². The lowest BCUT2D eigenvalue weighted by atomic mass is 10.1. The molecule has 1 aromatic heterocycles. The maximum atomic E-state index is 10.4. The first-order valence-electron chi connectivity index (χ1n) is 4.48. The van der Waals surface area contributed by atoms with E-state index in [1.807, 2.05) is 6.07 Å². The normalized spacial score (nSPS) is 23.6. The Bertz CT molecular complexity index is 308. The maximum Gasteiger partial charge on any atom is 0.170 e. The summed E-state index contributed by atoms with van der Waals surface area (Å²) in [4.78, 5) is 12.7. The van der Waals surface area contributed by atoms with Crippen molar-refractivity contribution in [3.63, 3.8) is 0 Å². The number of hydrogen-bond donors (Lipinski definition) is 1. The van der Waals surface area contributed by atoms with Crippen LogP contribution in [-0.2, 0) is 0 Å². The standard InChI is InChI=1S/C9H13N3O/c1-12-3-2-7(5-12)9-4-8(6-13)10-11-9/h4,6-7H,2-3,5H2,1H3,(H,10,11). The van der Waals surface area contributed by atoms with Crippen LogP contribution in [0.3, 0.4) is 0 Å². The third-order valence-corrected chi connectivity index (χ3v) is 2.57. The summed E-state index contributed by atoms with van der Waals surface area (Å²) >= 11 is 0. The quantitative estimate of drug-likeness (QED) is 0.678. The predicted octanol–water partition coefficient (Wildman–Crippen LogP) is 0.641. The molecule has 1 aliphatic heterocycles. The number of aromatic amines is 1. The van der Waals surface area contributed by atoms with Crippen molar-refractivity contribution < 1.29 is 4.79 Å². The molecule has 4 heteroatoms. The average molecular weight is 179 g/mol. The number of likely N-dealkylation sites (N-methyl/N-ethyl adjacent to an activating group) is 1. The molecule has 1 saturated heterocycles. The molecule has 2 heterocycles. The van der Waals surface area contributed by atoms with E-state index in [2.05, 4.69) is 22.1 Å². The van der Waals surface area contributed by atoms with Crippen molar-refractivity contribution in [1.82, 2.24) is 15.1 Å². The molecular formula is C9H13N3O. The number of nitrogens with one attached hydrogen (secondary N) is 1. The number of H-pyrrole nitrogens is 1. The van der Waals surface area contributed by atoms with Crippen LogP contribution in [0.5, 0.6) is 0 Å². The molecule has 0 saturated carbocycles. The average Bonchev–Trinajstić information content (AvgIpc) is 2.71. The van der Waals surface area contributed by atoms with Crippen LogP contribution in [0.15, 0.2) is 6.07 Å². The van der Waals surface area contributed by atoms with E-state index in [9.17, 15) is 4.79 Å². The molecule has 1 unspecified atom stereocenters. The van der Waals surface area contributed by atoms with Crippen LogP contribution in [0, 0.1) is 0 Å². The van der Waals surface area contributed by atoms with E-state index >= 15 is 0 Å². The van der Waals surface area contributed by atoms with E-state index in [1.165, 1.54) is 0 Å². The first-order chi connectivity index (χ1) is 6.29. The summed E-state index contributed by atoms with van der Waals surface area (Å²) in [5.74, 6) is 0.520. The second kappa shape index (κ2) is 3.30. The Balaban J connectivity index is 2.12. The molecule has 0 radical (unpaired) electrons. The molecule has 1 aromatic rings. The molecule has 1 atom stereocenters. The Morgan fingerprint density at radius 2 is 2.62 bits per heavy atom. The van der Waals surface area contributed by atoms with Gasteiger partial charge in [0.2, 0.25) is 0 Å². The second-order valence-electron chi connectivity index (χ2n) is 3.61. The van der Waals surface area contributed by atoms with Crippen molar-refractivity contribution in [3.05, 3.63) is 17.5 Å². The molecule has 0 aliphatic carbocycles. The van der Waals surface area contributed by atoms with Crippen LogP contribution in [-0.4, -0.2) is 41.5 Å². The van der Waals surface area contributed by atoms with Gasteiger partial charge in [0.1, 0.15) is 5.69 Å². The lowest BCUT2D eigenvalue weighted by Crippen LogP contribution is -2.13. The first kappa shape index (κ1) is 8.44. The fourth-order valence-electron chi connectivity index (χ4n) is 1.81. The molecule has 1 fully saturated rings. The van der Waals surface area contributed by atoms with Gasteiger partial charge in [0.05, 0.1) is 0 Å². The van der Waals surface area contributed by atoms with Crippen LogP contribution in [0.2, 0.25) is 0 Å². The van der Waals surface area contributed by atoms with E-state index in [0.717, 1.165) is 31.5 Å². The Kier molecular flexibility index (Phi) is 2.14. The molecular weight excluding hydrogens is 166 g/mol. The Morgan fingerprint density at radius 3 is 3.15 bits per heavy atom. The lowest BCUT2D eigenvalue weighted by Gasteiger charge is -2.07. The second-order valence-corrected chi connectivity index (χ2v) is 3.61. The molecule has 1 aliphatic rings. The minimum Gasteiger partial charge on any atom is -0.306 e. The molecule has 13 heavy (non-hydrogen) atoms. The van der Waals surface area contributed by atoms with Gasteiger partial charge >= 0.3 is 0 Å². The van der Waals surface area contributed by atoms with Gasteiger partial charge in [0, 0.05) is 18.2 Å². The molecule has 2 rings (SSSR count). The SMILES string of the molecule is CN1CCC(c2cc(C=O)n[nH]2)C1. The third-order valence-electron chi connectivity index (χ3n) is 2.57. The highest BCUT2D eigenvalue weighted by molar-refractivity contribution is 5.71. The number of rotatable bonds is 2. The summed E-state index contributed by atoms with van der Waals surface area (Å²) in [7, 11) is 2.11. The van der Waals surface area contributed by atoms with Gasteiger partial charge in [-0.2, -0.15) is 5.10 Å². The molecule has 0 spiro atoms. The summed E-state index contributed by atoms with van der Waals surface area (Å²) in [5.41, 5.74) is 1.59. The lowest BCUT2D eigenvalue weighted by molar-refractivity contribution is 0.111. The van der Waals surface area contributed by atoms with E-state index in [0.29, 0.717) is 11.6 Å². The first-order valence-corrected chi connectivity index (χ1v) is 4.48. The fraction of sp³-hybridized carbons (Fsp3) is 0.556. The van der Waals surface area contributed by atoms with Crippen LogP contribution in [0.25, 0.3) is 0 Å². The minimum atomic E-state index is 0.504. The van der Waals surface area contributed by atoms with E-state index < -0.39 is 0 Å². The largest absolute Gasteiger partial charge is 0.306 e. The van der Waals surface area contributed by atoms with Crippen LogP contribution < -0.4 is 0 Å². The van der Waals surface area contributed by atoms with Crippen molar-refractivity contribution in [3.8, 4) is 0 Å². The van der Waals surface area contributed by atoms with Crippen molar-refractivity contribution in [2.45, 2.75) is 12.3 Å². The summed E-state index contributed by atoms with van der Waals surface area (Å²) in [6, 6.07) is 1.84. The van der Waals surface area contributed by atoms with E-state index in [4.69, 9.17) is 0 Å². The number of likely N-dealkylation sites (tertiary alicyclic amines) is 1. The monoisotopic (exact) mass is 179 g/mol. The number of aromatic nitrogens is 2. The van der Waals surface area contributed by atoms with E-state index in [-0.39, 0.29) is 0 Å². The number of carbonyl (C=O) groups is 1. The summed E-state index contributed by atoms with van der Waals surface area (Å²) in [5, 5.41) is 6.80. The summed E-state index contributed by atoms with van der Waals surface area (Å²) < 4.78 is 0. The summed E-state index contributed by atoms with van der Waals surface area (Å²) in [6.45, 7) is 2.18. The summed E-state index contributed by atoms with van der Waals surface area (Å²) in [6.07, 6.45) is 1.93. The number of hydrogen-bond acceptors (Lipinski definition) is 3. The minimum absolute atomic E-state index is 0.504. The van der Waals surface area contributed by atoms with Crippen molar-refractivity contribution in [1.29, 1.82) is 0 Å². The van der Waals surface area contributed by atoms with Crippen LogP contribution in [0.1, 0.15) is 28.5 Å². The van der Waals surface area contributed by atoms with Gasteiger partial charge < -0.3 is 4.90 Å². The van der Waals surface area contributed by atoms with Gasteiger partial charge in [-0.3, -0.25) is 9.89 Å². The molecule has 0 bridgehead atoms. The number of aldehydes is 1. The highest BCUT2D eigenvalue weighted by Crippen LogP contribution is 2.24. The van der Waals surface area contributed by atoms with Crippen molar-refractivity contribution in [2.75, 3.05) is 20.1 Å². The van der Waals surface area contributed by atoms with E-state index in [1.54, 1.807) is 0 Å². The zero-order valence-electron chi connectivity index (χ0n) is 7.66. The van der Waals surface area contributed by atoms with Crippen molar-refractivity contribution in [2.24, 2.45) is 0 Å². The highest BCUT2D eigenvalue weighted by Gasteiger charge is 2.22. The fourth-order valence-corrected chi connectivity index (χ4v) is 1.81. The number of carbonyl (C=O) groups excluding carboxylic acids is 1. The number of nitrogens with zero attached hydrogens (tertiary/aromatic N) is 2. The van der Waals surface area contributed by atoms with Gasteiger partial charge in [-0.1, -0.05) is 0 Å². The maximum absolute atomic E-state index is 10.4. The van der Waals surface area contributed by atoms with Gasteiger partial charge in [-0.15, -0.1) is 0 Å². The Morgan fingerprint density at radius 1 is 1.77 bits per heavy atom. The highest BCUT2D eigenvalue weighted by atomic mass is 16.1. The Hall–Kier alpha value is -1.16. The molecule has 0 amide bonds. The zero-order valence-corrected chi connectivity index (χ0v) is 7.66. The van der Waals surface area contributed by atoms with Gasteiger partial charge in [0.15, 0.2) is 6.29 Å². The van der Waals surface area contributed by atoms with Gasteiger partial charge in [-0.25, -0.2) is 0 Å². The smallest absolute Gasteiger partial charge is 0.170 e. The van der Waals surface area contributed by atoms with Gasteiger partial charge in [0.25, 0.3) is 0 Å². The Labute approximate surface area is 76.9 Å². The van der Waals surface area contributed by atoms with Crippen molar-refractivity contribution >= 4 is 6.29 Å². The third kappa shape index (κ3) is 1.62. The molecule has 70 valence electrons. The van der Waals surface area contributed by atoms with Gasteiger partial charge in [-0.05, 0) is 26.1 Å². The topological polar surface area (TPSA) is 49.0 Å². The van der Waals surface area contributed by atoms with Crippen LogP contribution >= 0.6 is 0 Å². The molecule has 0 aromatic carbocycles. The zero-order chi connectivity index (χ0) is 9.26. The molecule has 1 N–H and O–H groups in total. The predicted molar refractivity (Wildman–Crippen MR) is 48.8 cm³/mol.